The Morgan fingerprint density at radius 1 is 1.45 bits per heavy atom. The lowest BCUT2D eigenvalue weighted by Crippen LogP contribution is -2.36. The number of hydrogen-bond donors (Lipinski definition) is 3. The first-order chi connectivity index (χ1) is 5.31. The van der Waals surface area contributed by atoms with Crippen molar-refractivity contribution in [2.75, 3.05) is 19.7 Å². The minimum atomic E-state index is -0.100. The fraction of sp³-hybridized carbons (Fsp3) is 1.00. The van der Waals surface area contributed by atoms with Crippen LogP contribution in [-0.2, 0) is 0 Å². The summed E-state index contributed by atoms with van der Waals surface area (Å²) in [5, 5.41) is 11.8. The number of unbranched alkanes of at least 4 members (excludes halogenated alkanes) is 2. The third-order valence-corrected chi connectivity index (χ3v) is 1.60. The number of nitrogens with one attached hydrogen (secondary N) is 1. The molecule has 1 unspecified atom stereocenters. The van der Waals surface area contributed by atoms with Crippen LogP contribution in [0.3, 0.4) is 0 Å². The molecule has 0 aromatic heterocycles. The lowest BCUT2D eigenvalue weighted by Gasteiger charge is -2.08. The molecule has 0 saturated carbocycles. The molecule has 0 aromatic rings. The second-order valence-corrected chi connectivity index (χ2v) is 2.85. The topological polar surface area (TPSA) is 58.3 Å². The molecule has 1 atom stereocenters. The average molecular weight is 160 g/mol. The molecule has 0 bridgehead atoms. The molecule has 0 heterocycles. The molecule has 3 nitrogen and oxygen atoms in total. The predicted molar refractivity (Wildman–Crippen MR) is 47.5 cm³/mol. The van der Waals surface area contributed by atoms with Gasteiger partial charge in [-0.25, -0.2) is 0 Å². The Bertz CT molecular complexity index is 78.5. The molecule has 0 amide bonds. The van der Waals surface area contributed by atoms with Crippen LogP contribution in [-0.4, -0.2) is 30.8 Å². The summed E-state index contributed by atoms with van der Waals surface area (Å²) in [6.45, 7) is 3.99. The van der Waals surface area contributed by atoms with E-state index in [1.54, 1.807) is 0 Å². The van der Waals surface area contributed by atoms with Crippen LogP contribution in [0.1, 0.15) is 26.2 Å². The fourth-order valence-corrected chi connectivity index (χ4v) is 0.852. The highest BCUT2D eigenvalue weighted by molar-refractivity contribution is 4.61. The van der Waals surface area contributed by atoms with Crippen molar-refractivity contribution in [3.63, 3.8) is 0 Å². The predicted octanol–water partition coefficient (Wildman–Crippen LogP) is 0.0858. The summed E-state index contributed by atoms with van der Waals surface area (Å²) < 4.78 is 0. The highest BCUT2D eigenvalue weighted by Crippen LogP contribution is 1.90. The van der Waals surface area contributed by atoms with Crippen LogP contribution >= 0.6 is 0 Å². The lowest BCUT2D eigenvalue weighted by atomic mass is 10.2. The van der Waals surface area contributed by atoms with Crippen LogP contribution in [0.5, 0.6) is 0 Å². The zero-order valence-electron chi connectivity index (χ0n) is 7.34. The SMILES string of the molecule is CCCCCNCC(N)CO. The summed E-state index contributed by atoms with van der Waals surface area (Å²) in [4.78, 5) is 0. The maximum absolute atomic E-state index is 8.57. The molecule has 0 fully saturated rings. The van der Waals surface area contributed by atoms with Gasteiger partial charge < -0.3 is 16.2 Å². The third kappa shape index (κ3) is 7.78. The van der Waals surface area contributed by atoms with Gasteiger partial charge in [0.15, 0.2) is 0 Å². The van der Waals surface area contributed by atoms with E-state index in [2.05, 4.69) is 12.2 Å². The number of hydrogen-bond acceptors (Lipinski definition) is 3. The number of nitrogens with two attached hydrogens (primary N) is 1. The second kappa shape index (κ2) is 7.98. The fourth-order valence-electron chi connectivity index (χ4n) is 0.852. The van der Waals surface area contributed by atoms with Gasteiger partial charge in [0.1, 0.15) is 0 Å². The van der Waals surface area contributed by atoms with Gasteiger partial charge >= 0.3 is 0 Å². The second-order valence-electron chi connectivity index (χ2n) is 2.85. The van der Waals surface area contributed by atoms with E-state index in [-0.39, 0.29) is 12.6 Å². The van der Waals surface area contributed by atoms with Crippen molar-refractivity contribution >= 4 is 0 Å². The van der Waals surface area contributed by atoms with Crippen molar-refractivity contribution in [1.82, 2.24) is 5.32 Å². The highest BCUT2D eigenvalue weighted by Gasteiger charge is 1.97. The van der Waals surface area contributed by atoms with Crippen molar-refractivity contribution in [1.29, 1.82) is 0 Å². The van der Waals surface area contributed by atoms with Gasteiger partial charge in [-0.3, -0.25) is 0 Å². The van der Waals surface area contributed by atoms with Crippen molar-refractivity contribution in [3.8, 4) is 0 Å². The van der Waals surface area contributed by atoms with Gasteiger partial charge in [-0.05, 0) is 13.0 Å². The minimum absolute atomic E-state index is 0.0702. The van der Waals surface area contributed by atoms with Crippen LogP contribution in [0.4, 0.5) is 0 Å². The summed E-state index contributed by atoms with van der Waals surface area (Å²) in [6, 6.07) is -0.100. The van der Waals surface area contributed by atoms with Crippen molar-refractivity contribution in [2.24, 2.45) is 5.73 Å². The molecule has 0 aliphatic rings. The summed E-state index contributed by atoms with van der Waals surface area (Å²) in [6.07, 6.45) is 3.71. The quantitative estimate of drug-likeness (QED) is 0.462. The van der Waals surface area contributed by atoms with E-state index in [1.165, 1.54) is 19.3 Å². The molecular weight excluding hydrogens is 140 g/mol. The minimum Gasteiger partial charge on any atom is -0.395 e. The molecule has 0 radical (unpaired) electrons. The van der Waals surface area contributed by atoms with Crippen molar-refractivity contribution in [3.05, 3.63) is 0 Å². The zero-order chi connectivity index (χ0) is 8.53. The van der Waals surface area contributed by atoms with Gasteiger partial charge in [0, 0.05) is 12.6 Å². The Morgan fingerprint density at radius 3 is 2.73 bits per heavy atom. The van der Waals surface area contributed by atoms with Crippen LogP contribution in [0.15, 0.2) is 0 Å². The zero-order valence-corrected chi connectivity index (χ0v) is 7.34. The molecule has 0 rings (SSSR count). The van der Waals surface area contributed by atoms with Gasteiger partial charge in [-0.2, -0.15) is 0 Å². The Morgan fingerprint density at radius 2 is 2.18 bits per heavy atom. The first kappa shape index (κ1) is 10.9. The van der Waals surface area contributed by atoms with E-state index in [4.69, 9.17) is 10.8 Å². The summed E-state index contributed by atoms with van der Waals surface area (Å²) >= 11 is 0. The third-order valence-electron chi connectivity index (χ3n) is 1.60. The molecule has 68 valence electrons. The maximum atomic E-state index is 8.57. The molecule has 11 heavy (non-hydrogen) atoms. The van der Waals surface area contributed by atoms with Crippen LogP contribution in [0.2, 0.25) is 0 Å². The molecule has 0 spiro atoms. The van der Waals surface area contributed by atoms with Gasteiger partial charge in [0.05, 0.1) is 6.61 Å². The standard InChI is InChI=1S/C8H20N2O/c1-2-3-4-5-10-6-8(9)7-11/h8,10-11H,2-7,9H2,1H3. The first-order valence-electron chi connectivity index (χ1n) is 4.38. The number of aliphatic hydroxyl groups excluding tert-OH is 1. The smallest absolute Gasteiger partial charge is 0.0594 e. The highest BCUT2D eigenvalue weighted by atomic mass is 16.3. The molecule has 0 aliphatic heterocycles. The van der Waals surface area contributed by atoms with Crippen molar-refractivity contribution in [2.45, 2.75) is 32.2 Å². The lowest BCUT2D eigenvalue weighted by molar-refractivity contribution is 0.262. The molecule has 3 heteroatoms. The monoisotopic (exact) mass is 160 g/mol. The average Bonchev–Trinajstić information content (AvgIpc) is 2.04. The van der Waals surface area contributed by atoms with Gasteiger partial charge in [0.25, 0.3) is 0 Å². The molecule has 4 N–H and O–H groups in total. The summed E-state index contributed by atoms with van der Waals surface area (Å²) in [7, 11) is 0. The van der Waals surface area contributed by atoms with E-state index < -0.39 is 0 Å². The van der Waals surface area contributed by atoms with Crippen LogP contribution < -0.4 is 11.1 Å². The molecular formula is C8H20N2O. The Kier molecular flexibility index (Phi) is 7.89. The molecule has 0 saturated heterocycles. The van der Waals surface area contributed by atoms with Gasteiger partial charge in [-0.15, -0.1) is 0 Å². The first-order valence-corrected chi connectivity index (χ1v) is 4.38. The van der Waals surface area contributed by atoms with Crippen LogP contribution in [0, 0.1) is 0 Å². The molecule has 0 aromatic carbocycles. The Labute approximate surface area is 69.0 Å². The largest absolute Gasteiger partial charge is 0.395 e. The van der Waals surface area contributed by atoms with Gasteiger partial charge in [0.2, 0.25) is 0 Å². The number of rotatable bonds is 7. The summed E-state index contributed by atoms with van der Waals surface area (Å²) in [5.74, 6) is 0. The van der Waals surface area contributed by atoms with E-state index in [0.29, 0.717) is 0 Å². The number of aliphatic hydroxyl groups is 1. The maximum Gasteiger partial charge on any atom is 0.0594 e. The van der Waals surface area contributed by atoms with Crippen molar-refractivity contribution < 1.29 is 5.11 Å². The summed E-state index contributed by atoms with van der Waals surface area (Å²) in [5.41, 5.74) is 5.48. The van der Waals surface area contributed by atoms with Crippen LogP contribution in [0.25, 0.3) is 0 Å². The van der Waals surface area contributed by atoms with Gasteiger partial charge in [-0.1, -0.05) is 19.8 Å². The van der Waals surface area contributed by atoms with E-state index in [9.17, 15) is 0 Å². The van der Waals surface area contributed by atoms with E-state index >= 15 is 0 Å². The van der Waals surface area contributed by atoms with E-state index in [1.807, 2.05) is 0 Å². The Balaban J connectivity index is 2.89. The Hall–Kier alpha value is -0.120. The van der Waals surface area contributed by atoms with E-state index in [0.717, 1.165) is 13.1 Å². The molecule has 0 aliphatic carbocycles. The normalized spacial score (nSPS) is 13.4.